The van der Waals surface area contributed by atoms with Crippen molar-refractivity contribution in [3.63, 3.8) is 0 Å². The summed E-state index contributed by atoms with van der Waals surface area (Å²) in [5, 5.41) is 22.3. The molecule has 0 aliphatic heterocycles. The molecule has 0 aliphatic rings. The average Bonchev–Trinajstić information content (AvgIpc) is 1.55. The number of nitrogens with zero attached hydrogens (tertiary/aromatic N) is 6. The first-order valence-corrected chi connectivity index (χ1v) is 45.5. The molecule has 6 aromatic heterocycles. The van der Waals surface area contributed by atoms with Crippen molar-refractivity contribution in [1.29, 1.82) is 0 Å². The molecule has 0 fully saturated rings. The fourth-order valence-corrected chi connectivity index (χ4v) is 21.7. The molecule has 6 nitrogen and oxygen atoms in total. The molecular weight excluding hydrogens is 1600 g/mol. The summed E-state index contributed by atoms with van der Waals surface area (Å²) in [6.45, 7) is 0. The van der Waals surface area contributed by atoms with Gasteiger partial charge in [-0.3, -0.25) is 0 Å². The van der Waals surface area contributed by atoms with E-state index in [1.54, 1.807) is 0 Å². The minimum Gasteiger partial charge on any atom is -0.309 e. The van der Waals surface area contributed by atoms with Gasteiger partial charge in [0.1, 0.15) is 0 Å². The molecule has 22 aromatic carbocycles. The van der Waals surface area contributed by atoms with Crippen LogP contribution in [0.15, 0.2) is 485 Å². The van der Waals surface area contributed by atoms with E-state index in [0.29, 0.717) is 0 Å². The summed E-state index contributed by atoms with van der Waals surface area (Å²) < 4.78 is 14.7. The molecule has 6 heteroatoms. The van der Waals surface area contributed by atoms with Crippen molar-refractivity contribution >= 4 is 163 Å². The average molecular weight is 1680 g/mol. The van der Waals surface area contributed by atoms with Crippen LogP contribution in [0.25, 0.3) is 253 Å². The van der Waals surface area contributed by atoms with Gasteiger partial charge in [-0.25, -0.2) is 0 Å². The molecule has 132 heavy (non-hydrogen) atoms. The van der Waals surface area contributed by atoms with Gasteiger partial charge in [-0.1, -0.05) is 328 Å². The van der Waals surface area contributed by atoms with Crippen LogP contribution >= 0.6 is 0 Å². The maximum atomic E-state index is 2.48. The van der Waals surface area contributed by atoms with E-state index in [4.69, 9.17) is 0 Å². The third kappa shape index (κ3) is 11.9. The number of benzene rings is 22. The van der Waals surface area contributed by atoms with E-state index in [0.717, 1.165) is 22.7 Å². The molecule has 28 rings (SSSR count). The van der Waals surface area contributed by atoms with Gasteiger partial charge in [0.15, 0.2) is 0 Å². The Morgan fingerprint density at radius 1 is 0.0985 bits per heavy atom. The zero-order valence-electron chi connectivity index (χ0n) is 71.9. The van der Waals surface area contributed by atoms with Gasteiger partial charge >= 0.3 is 0 Å². The summed E-state index contributed by atoms with van der Waals surface area (Å²) >= 11 is 0. The molecule has 0 spiro atoms. The minimum absolute atomic E-state index is 1.13. The second-order valence-electron chi connectivity index (χ2n) is 35.1. The van der Waals surface area contributed by atoms with Crippen molar-refractivity contribution < 1.29 is 0 Å². The largest absolute Gasteiger partial charge is 0.309 e. The van der Waals surface area contributed by atoms with Crippen LogP contribution in [0.3, 0.4) is 0 Å². The van der Waals surface area contributed by atoms with Crippen LogP contribution in [-0.2, 0) is 0 Å². The molecule has 0 saturated heterocycles. The highest BCUT2D eigenvalue weighted by molar-refractivity contribution is 6.23. The predicted octanol–water partition coefficient (Wildman–Crippen LogP) is 33.8. The first-order chi connectivity index (χ1) is 65.5. The van der Waals surface area contributed by atoms with Crippen molar-refractivity contribution in [3.8, 4) is 89.8 Å². The number of fused-ring (bicyclic) bond motifs is 21. The molecule has 0 bridgehead atoms. The van der Waals surface area contributed by atoms with Gasteiger partial charge in [0, 0.05) is 98.2 Å². The van der Waals surface area contributed by atoms with Gasteiger partial charge in [-0.2, -0.15) is 0 Å². The van der Waals surface area contributed by atoms with E-state index in [9.17, 15) is 0 Å². The number of hydrogen-bond acceptors (Lipinski definition) is 0. The van der Waals surface area contributed by atoms with Crippen LogP contribution in [0.1, 0.15) is 0 Å². The number of rotatable bonds is 11. The van der Waals surface area contributed by atoms with Crippen LogP contribution < -0.4 is 0 Å². The second-order valence-corrected chi connectivity index (χ2v) is 35.1. The van der Waals surface area contributed by atoms with Crippen molar-refractivity contribution in [2.45, 2.75) is 0 Å². The molecule has 0 aliphatic carbocycles. The highest BCUT2D eigenvalue weighted by Gasteiger charge is 2.26. The van der Waals surface area contributed by atoms with Crippen LogP contribution in [0.4, 0.5) is 0 Å². The van der Waals surface area contributed by atoms with E-state index in [1.165, 1.54) is 230 Å². The summed E-state index contributed by atoms with van der Waals surface area (Å²) in [4.78, 5) is 0. The lowest BCUT2D eigenvalue weighted by atomic mass is 10.00. The van der Waals surface area contributed by atoms with E-state index < -0.39 is 0 Å². The van der Waals surface area contributed by atoms with Crippen molar-refractivity contribution in [2.24, 2.45) is 0 Å². The molecule has 0 saturated carbocycles. The van der Waals surface area contributed by atoms with Gasteiger partial charge in [0.25, 0.3) is 0 Å². The molecule has 0 unspecified atom stereocenters. The van der Waals surface area contributed by atoms with Gasteiger partial charge in [-0.15, -0.1) is 0 Å². The fraction of sp³-hybridized carbons (Fsp3) is 0. The van der Waals surface area contributed by atoms with Crippen LogP contribution in [0.2, 0.25) is 0 Å². The van der Waals surface area contributed by atoms with E-state index in [1.807, 2.05) is 0 Å². The van der Waals surface area contributed by atoms with Crippen molar-refractivity contribution in [3.05, 3.63) is 485 Å². The van der Waals surface area contributed by atoms with Crippen molar-refractivity contribution in [1.82, 2.24) is 27.4 Å². The second kappa shape index (κ2) is 30.0. The lowest BCUT2D eigenvalue weighted by Gasteiger charge is -2.12. The lowest BCUT2D eigenvalue weighted by molar-refractivity contribution is 1.16. The van der Waals surface area contributed by atoms with E-state index >= 15 is 0 Å². The number of aromatic nitrogens is 6. The zero-order chi connectivity index (χ0) is 86.6. The summed E-state index contributed by atoms with van der Waals surface area (Å²) in [6.07, 6.45) is 0. The Hall–Kier alpha value is -17.6. The maximum absolute atomic E-state index is 2.48. The number of para-hydroxylation sites is 4. The van der Waals surface area contributed by atoms with Crippen LogP contribution in [-0.4, -0.2) is 27.4 Å². The summed E-state index contributed by atoms with van der Waals surface area (Å²) in [5.74, 6) is 0. The van der Waals surface area contributed by atoms with Gasteiger partial charge in [0.2, 0.25) is 0 Å². The molecule has 28 aromatic rings. The SMILES string of the molecule is c1ccc(-c2ccc(-n3c4ccccc4c4cc5c6cc(-c7ccc8c(c7)c7ccccc7n8-c7cccc8ccccc78)ccc6n(-c6cccc(-c7ccccc7)c6)c5cc43)cc2)cc1.c1ccc(-c2cccc(-n3c4ccc(-c5ccc6c(c5)c5ccccc5n6-c5cccc6ccccc56)cc4c4cc5c6ccccc6n(-c6ccc7ccccc7c6)c5cc43)c2)cc1. The first kappa shape index (κ1) is 74.6. The van der Waals surface area contributed by atoms with Gasteiger partial charge < -0.3 is 27.4 Å². The monoisotopic (exact) mass is 1680 g/mol. The molecule has 614 valence electrons. The Morgan fingerprint density at radius 2 is 0.348 bits per heavy atom. The topological polar surface area (TPSA) is 29.6 Å². The quantitative estimate of drug-likeness (QED) is 0.124. The smallest absolute Gasteiger partial charge is 0.0562 e. The fourth-order valence-electron chi connectivity index (χ4n) is 21.7. The Morgan fingerprint density at radius 3 is 0.765 bits per heavy atom. The summed E-state index contributed by atoms with van der Waals surface area (Å²) in [7, 11) is 0. The molecule has 0 amide bonds. The predicted molar refractivity (Wildman–Crippen MR) is 559 cm³/mol. The highest BCUT2D eigenvalue weighted by atomic mass is 15.0. The minimum atomic E-state index is 1.13. The molecule has 0 radical (unpaired) electrons. The molecule has 0 N–H and O–H groups in total. The Labute approximate surface area is 760 Å². The maximum Gasteiger partial charge on any atom is 0.0562 e. The summed E-state index contributed by atoms with van der Waals surface area (Å²) in [6, 6.07) is 178. The van der Waals surface area contributed by atoms with Gasteiger partial charge in [-0.05, 0) is 235 Å². The summed E-state index contributed by atoms with van der Waals surface area (Å²) in [5.41, 5.74) is 33.2. The highest BCUT2D eigenvalue weighted by Crippen LogP contribution is 2.48. The first-order valence-electron chi connectivity index (χ1n) is 45.5. The van der Waals surface area contributed by atoms with Crippen LogP contribution in [0, 0.1) is 0 Å². The van der Waals surface area contributed by atoms with Crippen LogP contribution in [0.5, 0.6) is 0 Å². The molecule has 6 heterocycles. The van der Waals surface area contributed by atoms with E-state index in [-0.39, 0.29) is 0 Å². The third-order valence-corrected chi connectivity index (χ3v) is 27.8. The normalized spacial score (nSPS) is 11.9. The Balaban J connectivity index is 0.000000135. The lowest BCUT2D eigenvalue weighted by Crippen LogP contribution is -1.96. The molecular formula is C126H80N6. The third-order valence-electron chi connectivity index (χ3n) is 27.8. The Bertz CT molecular complexity index is 9580. The van der Waals surface area contributed by atoms with Gasteiger partial charge in [0.05, 0.1) is 77.6 Å². The zero-order valence-corrected chi connectivity index (χ0v) is 71.9. The van der Waals surface area contributed by atoms with E-state index in [2.05, 4.69) is 513 Å². The Kier molecular flexibility index (Phi) is 17.0. The molecule has 0 atom stereocenters. The standard InChI is InChI=1S/C64H41N3.C62H39N3/c1-3-15-42(16-4-1)44-29-33-49(34-30-44)65-59-26-11-9-25-53(59)56-40-57-55-39-48(31-35-61(55)66(64(57)41-63(56)65)50-22-13-21-46(37-50)43-17-5-2-6-18-43)47-32-36-62-54(38-47)52-24-10-12-27-60(52)67(62)58-28-14-20-45-19-7-8-23-51(45)58;1-2-14-40(15-3-1)44-20-12-21-47(34-44)63-59-32-29-46(45-30-33-60-52(36-45)50-23-9-11-26-58(50)65(60)56-27-13-19-42-17-6-7-22-49(42)56)37-53(59)55-38-54-51-24-8-10-25-57(51)64(61(54)39-62(55)63)48-31-28-41-16-4-5-18-43(41)35-48/h1-41H;1-39H. The number of hydrogen-bond donors (Lipinski definition) is 0. The van der Waals surface area contributed by atoms with Crippen molar-refractivity contribution in [2.75, 3.05) is 0 Å².